The van der Waals surface area contributed by atoms with Gasteiger partial charge in [0.15, 0.2) is 0 Å². The van der Waals surface area contributed by atoms with E-state index in [0.29, 0.717) is 13.1 Å². The van der Waals surface area contributed by atoms with Gasteiger partial charge in [0.1, 0.15) is 0 Å². The summed E-state index contributed by atoms with van der Waals surface area (Å²) in [7, 11) is 1.80. The van der Waals surface area contributed by atoms with Crippen LogP contribution < -0.4 is 5.32 Å². The number of aromatic nitrogens is 2. The average Bonchev–Trinajstić information content (AvgIpc) is 2.95. The summed E-state index contributed by atoms with van der Waals surface area (Å²) in [6.45, 7) is 7.73. The van der Waals surface area contributed by atoms with Gasteiger partial charge in [0, 0.05) is 25.4 Å². The molecule has 124 valence electrons. The van der Waals surface area contributed by atoms with Crippen molar-refractivity contribution in [3.63, 3.8) is 0 Å². The van der Waals surface area contributed by atoms with Gasteiger partial charge in [-0.2, -0.15) is 5.10 Å². The van der Waals surface area contributed by atoms with E-state index < -0.39 is 0 Å². The van der Waals surface area contributed by atoms with Gasteiger partial charge in [-0.25, -0.2) is 9.48 Å². The molecule has 0 aliphatic heterocycles. The smallest absolute Gasteiger partial charge is 0.317 e. The minimum Gasteiger partial charge on any atom is -0.338 e. The van der Waals surface area contributed by atoms with Crippen LogP contribution >= 0.6 is 0 Å². The molecule has 0 aliphatic carbocycles. The Kier molecular flexibility index (Phi) is 5.42. The van der Waals surface area contributed by atoms with Crippen LogP contribution in [-0.2, 0) is 6.54 Å². The number of rotatable bonds is 5. The van der Waals surface area contributed by atoms with E-state index in [4.69, 9.17) is 0 Å². The summed E-state index contributed by atoms with van der Waals surface area (Å²) in [4.78, 5) is 13.8. The van der Waals surface area contributed by atoms with Crippen LogP contribution in [0.2, 0.25) is 0 Å². The lowest BCUT2D eigenvalue weighted by Gasteiger charge is -2.21. The van der Waals surface area contributed by atoms with Crippen LogP contribution in [-0.4, -0.2) is 34.3 Å². The number of nitrogens with zero attached hydrogens (tertiary/aromatic N) is 3. The topological polar surface area (TPSA) is 50.2 Å². The zero-order valence-electron chi connectivity index (χ0n) is 14.4. The summed E-state index contributed by atoms with van der Waals surface area (Å²) in [6.07, 6.45) is 4.71. The molecule has 0 bridgehead atoms. The third kappa shape index (κ3) is 5.43. The fourth-order valence-electron chi connectivity index (χ4n) is 2.19. The quantitative estimate of drug-likeness (QED) is 0.919. The van der Waals surface area contributed by atoms with Gasteiger partial charge in [-0.1, -0.05) is 39.0 Å². The first kappa shape index (κ1) is 17.1. The highest BCUT2D eigenvalue weighted by atomic mass is 16.2. The largest absolute Gasteiger partial charge is 0.338 e. The van der Waals surface area contributed by atoms with E-state index in [1.807, 2.05) is 41.2 Å². The lowest BCUT2D eigenvalue weighted by molar-refractivity contribution is 0.205. The van der Waals surface area contributed by atoms with Gasteiger partial charge >= 0.3 is 6.03 Å². The number of amides is 2. The maximum atomic E-state index is 12.1. The van der Waals surface area contributed by atoms with Crippen molar-refractivity contribution >= 4 is 6.03 Å². The van der Waals surface area contributed by atoms with Crippen molar-refractivity contribution in [3.8, 4) is 5.69 Å². The van der Waals surface area contributed by atoms with E-state index in [2.05, 4.69) is 31.2 Å². The van der Waals surface area contributed by atoms with Crippen molar-refractivity contribution < 1.29 is 4.79 Å². The molecule has 0 saturated carbocycles. The average molecular weight is 314 g/mol. The first-order chi connectivity index (χ1) is 10.8. The Hall–Kier alpha value is -2.30. The third-order valence-corrected chi connectivity index (χ3v) is 3.57. The third-order valence-electron chi connectivity index (χ3n) is 3.57. The molecule has 1 aromatic heterocycles. The molecule has 0 atom stereocenters. The molecule has 0 fully saturated rings. The highest BCUT2D eigenvalue weighted by molar-refractivity contribution is 5.73. The molecule has 0 spiro atoms. The normalized spacial score (nSPS) is 11.3. The molecule has 2 rings (SSSR count). The molecule has 0 unspecified atom stereocenters. The molecule has 2 aromatic rings. The van der Waals surface area contributed by atoms with Gasteiger partial charge in [0.25, 0.3) is 0 Å². The van der Waals surface area contributed by atoms with Crippen molar-refractivity contribution in [1.29, 1.82) is 0 Å². The van der Waals surface area contributed by atoms with E-state index in [-0.39, 0.29) is 11.4 Å². The summed E-state index contributed by atoms with van der Waals surface area (Å²) >= 11 is 0. The minimum atomic E-state index is -0.0540. The Morgan fingerprint density at radius 2 is 1.96 bits per heavy atom. The van der Waals surface area contributed by atoms with Gasteiger partial charge in [-0.15, -0.1) is 0 Å². The Labute approximate surface area is 138 Å². The number of urea groups is 1. The molecule has 0 saturated heterocycles. The van der Waals surface area contributed by atoms with Crippen LogP contribution in [0, 0.1) is 5.41 Å². The highest BCUT2D eigenvalue weighted by Crippen LogP contribution is 2.17. The van der Waals surface area contributed by atoms with Crippen LogP contribution in [0.15, 0.2) is 42.7 Å². The van der Waals surface area contributed by atoms with Crippen LogP contribution in [0.25, 0.3) is 5.69 Å². The molecular formula is C18H26N4O. The predicted octanol–water partition coefficient (Wildman–Crippen LogP) is 3.45. The van der Waals surface area contributed by atoms with Crippen LogP contribution in [0.5, 0.6) is 0 Å². The number of carbonyl (C=O) groups excluding carboxylic acids is 1. The summed E-state index contributed by atoms with van der Waals surface area (Å²) in [5.41, 5.74) is 2.24. The second-order valence-corrected chi connectivity index (χ2v) is 7.03. The first-order valence-corrected chi connectivity index (χ1v) is 7.93. The van der Waals surface area contributed by atoms with E-state index >= 15 is 0 Å². The highest BCUT2D eigenvalue weighted by Gasteiger charge is 2.13. The number of nitrogens with one attached hydrogen (secondary N) is 1. The van der Waals surface area contributed by atoms with Gasteiger partial charge < -0.3 is 10.2 Å². The maximum absolute atomic E-state index is 12.1. The summed E-state index contributed by atoms with van der Waals surface area (Å²) in [5, 5.41) is 7.31. The second kappa shape index (κ2) is 7.31. The van der Waals surface area contributed by atoms with Gasteiger partial charge in [0.2, 0.25) is 0 Å². The summed E-state index contributed by atoms with van der Waals surface area (Å²) in [6, 6.07) is 9.88. The van der Waals surface area contributed by atoms with E-state index in [1.54, 1.807) is 18.1 Å². The van der Waals surface area contributed by atoms with Crippen LogP contribution in [0.4, 0.5) is 4.79 Å². The Bertz CT molecular complexity index is 628. The SMILES string of the molecule is CN(Cc1cnn(-c2ccccc2)c1)C(=O)NCCC(C)(C)C. The second-order valence-electron chi connectivity index (χ2n) is 7.03. The molecule has 0 radical (unpaired) electrons. The Balaban J connectivity index is 1.87. The number of hydrogen-bond donors (Lipinski definition) is 1. The van der Waals surface area contributed by atoms with E-state index in [9.17, 15) is 4.79 Å². The standard InChI is InChI=1S/C18H26N4O/c1-18(2,3)10-11-19-17(23)21(4)13-15-12-20-22(14-15)16-8-6-5-7-9-16/h5-9,12,14H,10-11,13H2,1-4H3,(H,19,23). The van der Waals surface area contributed by atoms with Gasteiger partial charge in [-0.05, 0) is 24.0 Å². The van der Waals surface area contributed by atoms with E-state index in [1.165, 1.54) is 0 Å². The number of carbonyl (C=O) groups is 1. The Morgan fingerprint density at radius 3 is 2.61 bits per heavy atom. The van der Waals surface area contributed by atoms with Crippen molar-refractivity contribution in [2.75, 3.05) is 13.6 Å². The van der Waals surface area contributed by atoms with E-state index in [0.717, 1.165) is 17.7 Å². The molecule has 23 heavy (non-hydrogen) atoms. The molecule has 1 heterocycles. The molecule has 5 heteroatoms. The monoisotopic (exact) mass is 314 g/mol. The van der Waals surface area contributed by atoms with Crippen molar-refractivity contribution in [2.45, 2.75) is 33.7 Å². The summed E-state index contributed by atoms with van der Waals surface area (Å²) in [5.74, 6) is 0. The first-order valence-electron chi connectivity index (χ1n) is 7.93. The van der Waals surface area contributed by atoms with Crippen molar-refractivity contribution in [1.82, 2.24) is 20.0 Å². The van der Waals surface area contributed by atoms with Gasteiger partial charge in [-0.3, -0.25) is 0 Å². The van der Waals surface area contributed by atoms with Crippen molar-refractivity contribution in [2.24, 2.45) is 5.41 Å². The summed E-state index contributed by atoms with van der Waals surface area (Å²) < 4.78 is 1.82. The maximum Gasteiger partial charge on any atom is 0.317 e. The predicted molar refractivity (Wildman–Crippen MR) is 92.5 cm³/mol. The van der Waals surface area contributed by atoms with Crippen LogP contribution in [0.3, 0.4) is 0 Å². The molecule has 1 N–H and O–H groups in total. The minimum absolute atomic E-state index is 0.0540. The number of hydrogen-bond acceptors (Lipinski definition) is 2. The lowest BCUT2D eigenvalue weighted by atomic mass is 9.92. The number of para-hydroxylation sites is 1. The molecule has 1 aromatic carbocycles. The van der Waals surface area contributed by atoms with Crippen molar-refractivity contribution in [3.05, 3.63) is 48.3 Å². The molecule has 2 amide bonds. The Morgan fingerprint density at radius 1 is 1.26 bits per heavy atom. The number of benzene rings is 1. The van der Waals surface area contributed by atoms with Crippen LogP contribution in [0.1, 0.15) is 32.8 Å². The molecule has 0 aliphatic rings. The van der Waals surface area contributed by atoms with Gasteiger partial charge in [0.05, 0.1) is 18.4 Å². The fourth-order valence-corrected chi connectivity index (χ4v) is 2.19. The fraction of sp³-hybridized carbons (Fsp3) is 0.444. The zero-order chi connectivity index (χ0) is 16.9. The molecule has 5 nitrogen and oxygen atoms in total. The lowest BCUT2D eigenvalue weighted by Crippen LogP contribution is -2.38. The molecular weight excluding hydrogens is 288 g/mol. The zero-order valence-corrected chi connectivity index (χ0v) is 14.4.